The van der Waals surface area contributed by atoms with Gasteiger partial charge in [-0.25, -0.2) is 4.98 Å². The Balaban J connectivity index is 1.60. The highest BCUT2D eigenvalue weighted by Gasteiger charge is 2.26. The van der Waals surface area contributed by atoms with Gasteiger partial charge in [0.25, 0.3) is 11.8 Å². The number of carbonyl (C=O) groups is 3. The Hall–Kier alpha value is -2.81. The van der Waals surface area contributed by atoms with Crippen LogP contribution < -0.4 is 5.73 Å². The van der Waals surface area contributed by atoms with Crippen molar-refractivity contribution in [1.82, 2.24) is 14.8 Å². The van der Waals surface area contributed by atoms with Gasteiger partial charge in [0.1, 0.15) is 5.03 Å². The molecule has 3 heterocycles. The third-order valence-electron chi connectivity index (χ3n) is 5.19. The number of nitrogens with zero attached hydrogens (tertiary/aromatic N) is 3. The van der Waals surface area contributed by atoms with Crippen molar-refractivity contribution in [2.75, 3.05) is 31.9 Å². The van der Waals surface area contributed by atoms with E-state index in [1.54, 1.807) is 21.9 Å². The molecule has 2 aromatic rings. The maximum absolute atomic E-state index is 12.6. The Morgan fingerprint density at radius 3 is 2.34 bits per heavy atom. The molecule has 1 aliphatic heterocycles. The van der Waals surface area contributed by atoms with Gasteiger partial charge < -0.3 is 20.0 Å². The average Bonchev–Trinajstić information content (AvgIpc) is 3.24. The number of aryl methyl sites for hydroxylation is 1. The molecule has 0 unspecified atom stereocenters. The smallest absolute Gasteiger partial charge is 0.289 e. The lowest BCUT2D eigenvalue weighted by molar-refractivity contribution is -0.129. The predicted octanol–water partition coefficient (Wildman–Crippen LogP) is 1.78. The molecule has 0 bridgehead atoms. The lowest BCUT2D eigenvalue weighted by Crippen LogP contribution is -2.51. The summed E-state index contributed by atoms with van der Waals surface area (Å²) in [6.45, 7) is 7.40. The molecule has 8 nitrogen and oxygen atoms in total. The number of furan rings is 1. The standard InChI is InChI=1S/C20H24N4O4S/c1-12-13(2)17(18(21)26)19(22-14(12)3)29-11-16(25)23-6-8-24(9-7-23)20(27)15-5-4-10-28-15/h4-5,10H,6-9,11H2,1-3H3,(H2,21,26). The first-order chi connectivity index (χ1) is 13.8. The van der Waals surface area contributed by atoms with Gasteiger partial charge in [0, 0.05) is 31.9 Å². The number of carbonyl (C=O) groups excluding carboxylic acids is 3. The number of aromatic nitrogens is 1. The number of thioether (sulfide) groups is 1. The minimum atomic E-state index is -0.543. The van der Waals surface area contributed by atoms with E-state index >= 15 is 0 Å². The summed E-state index contributed by atoms with van der Waals surface area (Å²) in [5.41, 5.74) is 8.44. The van der Waals surface area contributed by atoms with Crippen LogP contribution in [0.2, 0.25) is 0 Å². The highest BCUT2D eigenvalue weighted by atomic mass is 32.2. The molecule has 0 saturated carbocycles. The molecule has 2 N–H and O–H groups in total. The summed E-state index contributed by atoms with van der Waals surface area (Å²) in [4.78, 5) is 44.7. The van der Waals surface area contributed by atoms with Crippen molar-refractivity contribution in [3.63, 3.8) is 0 Å². The molecule has 154 valence electrons. The van der Waals surface area contributed by atoms with Crippen LogP contribution in [0.25, 0.3) is 0 Å². The Kier molecular flexibility index (Phi) is 6.26. The molecule has 29 heavy (non-hydrogen) atoms. The molecule has 1 saturated heterocycles. The van der Waals surface area contributed by atoms with E-state index in [4.69, 9.17) is 10.2 Å². The molecular weight excluding hydrogens is 392 g/mol. The van der Waals surface area contributed by atoms with Gasteiger partial charge in [-0.3, -0.25) is 14.4 Å². The van der Waals surface area contributed by atoms with Crippen LogP contribution in [0.15, 0.2) is 27.8 Å². The van der Waals surface area contributed by atoms with Crippen LogP contribution in [0.1, 0.15) is 37.7 Å². The van der Waals surface area contributed by atoms with E-state index in [-0.39, 0.29) is 17.6 Å². The fraction of sp³-hybridized carbons (Fsp3) is 0.400. The van der Waals surface area contributed by atoms with Gasteiger partial charge >= 0.3 is 0 Å². The van der Waals surface area contributed by atoms with Crippen LogP contribution in [0, 0.1) is 20.8 Å². The molecule has 0 radical (unpaired) electrons. The van der Waals surface area contributed by atoms with E-state index in [1.807, 2.05) is 20.8 Å². The number of hydrogen-bond donors (Lipinski definition) is 1. The largest absolute Gasteiger partial charge is 0.459 e. The SMILES string of the molecule is Cc1nc(SCC(=O)N2CCN(C(=O)c3ccco3)CC2)c(C(N)=O)c(C)c1C. The molecule has 0 aliphatic carbocycles. The number of piperazine rings is 1. The maximum atomic E-state index is 12.6. The molecule has 2 aromatic heterocycles. The minimum absolute atomic E-state index is 0.0619. The second-order valence-electron chi connectivity index (χ2n) is 6.93. The summed E-state index contributed by atoms with van der Waals surface area (Å²) in [7, 11) is 0. The van der Waals surface area contributed by atoms with E-state index < -0.39 is 5.91 Å². The van der Waals surface area contributed by atoms with Gasteiger partial charge in [0.2, 0.25) is 5.91 Å². The Morgan fingerprint density at radius 2 is 1.76 bits per heavy atom. The van der Waals surface area contributed by atoms with Crippen molar-refractivity contribution in [3.05, 3.63) is 46.5 Å². The second-order valence-corrected chi connectivity index (χ2v) is 7.89. The summed E-state index contributed by atoms with van der Waals surface area (Å²) in [5, 5.41) is 0.484. The summed E-state index contributed by atoms with van der Waals surface area (Å²) >= 11 is 1.22. The van der Waals surface area contributed by atoms with Gasteiger partial charge in [-0.1, -0.05) is 11.8 Å². The van der Waals surface area contributed by atoms with Crippen molar-refractivity contribution < 1.29 is 18.8 Å². The maximum Gasteiger partial charge on any atom is 0.289 e. The van der Waals surface area contributed by atoms with Crippen molar-refractivity contribution in [1.29, 1.82) is 0 Å². The van der Waals surface area contributed by atoms with E-state index in [9.17, 15) is 14.4 Å². The summed E-state index contributed by atoms with van der Waals surface area (Å²) < 4.78 is 5.15. The number of primary amides is 1. The molecular formula is C20H24N4O4S. The van der Waals surface area contributed by atoms with Crippen molar-refractivity contribution in [2.24, 2.45) is 5.73 Å². The summed E-state index contributed by atoms with van der Waals surface area (Å²) in [6.07, 6.45) is 1.47. The Morgan fingerprint density at radius 1 is 1.10 bits per heavy atom. The van der Waals surface area contributed by atoms with Crippen molar-refractivity contribution >= 4 is 29.5 Å². The quantitative estimate of drug-likeness (QED) is 0.744. The molecule has 3 amide bonds. The van der Waals surface area contributed by atoms with E-state index in [2.05, 4.69) is 4.98 Å². The third kappa shape index (κ3) is 4.45. The molecule has 0 spiro atoms. The first-order valence-corrected chi connectivity index (χ1v) is 10.3. The lowest BCUT2D eigenvalue weighted by Gasteiger charge is -2.34. The van der Waals surface area contributed by atoms with Crippen molar-refractivity contribution in [2.45, 2.75) is 25.8 Å². The van der Waals surface area contributed by atoms with Gasteiger partial charge in [-0.2, -0.15) is 0 Å². The van der Waals surface area contributed by atoms with E-state index in [0.717, 1.165) is 16.8 Å². The number of nitrogens with two attached hydrogens (primary N) is 1. The molecule has 9 heteroatoms. The highest BCUT2D eigenvalue weighted by molar-refractivity contribution is 8.00. The van der Waals surface area contributed by atoms with Crippen LogP contribution in [-0.4, -0.2) is 64.4 Å². The zero-order valence-electron chi connectivity index (χ0n) is 16.7. The highest BCUT2D eigenvalue weighted by Crippen LogP contribution is 2.27. The normalized spacial score (nSPS) is 14.2. The first kappa shape index (κ1) is 20.9. The average molecular weight is 417 g/mol. The van der Waals surface area contributed by atoms with Gasteiger partial charge in [-0.15, -0.1) is 0 Å². The molecule has 1 aliphatic rings. The lowest BCUT2D eigenvalue weighted by atomic mass is 10.0. The fourth-order valence-electron chi connectivity index (χ4n) is 3.24. The zero-order valence-corrected chi connectivity index (χ0v) is 17.5. The van der Waals surface area contributed by atoms with Crippen molar-refractivity contribution in [3.8, 4) is 0 Å². The second kappa shape index (κ2) is 8.69. The van der Waals surface area contributed by atoms with Crippen LogP contribution in [-0.2, 0) is 4.79 Å². The molecule has 0 aromatic carbocycles. The van der Waals surface area contributed by atoms with Gasteiger partial charge in [-0.05, 0) is 44.0 Å². The molecule has 0 atom stereocenters. The van der Waals surface area contributed by atoms with Crippen LogP contribution in [0.3, 0.4) is 0 Å². The number of pyridine rings is 1. The van der Waals surface area contributed by atoms with E-state index in [1.165, 1.54) is 18.0 Å². The molecule has 3 rings (SSSR count). The van der Waals surface area contributed by atoms with Crippen LogP contribution >= 0.6 is 11.8 Å². The van der Waals surface area contributed by atoms with E-state index in [0.29, 0.717) is 42.5 Å². The predicted molar refractivity (Wildman–Crippen MR) is 109 cm³/mol. The molecule has 1 fully saturated rings. The Labute approximate surface area is 173 Å². The summed E-state index contributed by atoms with van der Waals surface area (Å²) in [5.74, 6) is -0.319. The summed E-state index contributed by atoms with van der Waals surface area (Å²) in [6, 6.07) is 3.30. The number of hydrogen-bond acceptors (Lipinski definition) is 6. The van der Waals surface area contributed by atoms with Gasteiger partial charge in [0.05, 0.1) is 17.6 Å². The topological polar surface area (TPSA) is 110 Å². The first-order valence-electron chi connectivity index (χ1n) is 9.30. The van der Waals surface area contributed by atoms with Gasteiger partial charge in [0.15, 0.2) is 5.76 Å². The van der Waals surface area contributed by atoms with Crippen LogP contribution in [0.4, 0.5) is 0 Å². The number of rotatable bonds is 5. The zero-order chi connectivity index (χ0) is 21.1. The Bertz CT molecular complexity index is 934. The minimum Gasteiger partial charge on any atom is -0.459 e. The monoisotopic (exact) mass is 416 g/mol. The fourth-order valence-corrected chi connectivity index (χ4v) is 4.28. The third-order valence-corrected chi connectivity index (χ3v) is 6.15. The van der Waals surface area contributed by atoms with Crippen LogP contribution in [0.5, 0.6) is 0 Å². The number of amides is 3.